The van der Waals surface area contributed by atoms with Crippen molar-refractivity contribution in [3.63, 3.8) is 0 Å². The van der Waals surface area contributed by atoms with E-state index in [4.69, 9.17) is 9.84 Å². The Balaban J connectivity index is 4.32. The van der Waals surface area contributed by atoms with Gasteiger partial charge in [-0.25, -0.2) is 4.79 Å². The molecule has 5 nitrogen and oxygen atoms in total. The lowest BCUT2D eigenvalue weighted by Gasteiger charge is -2.27. The predicted molar refractivity (Wildman–Crippen MR) is 60.1 cm³/mol. The topological polar surface area (TPSA) is 75.6 Å². The lowest BCUT2D eigenvalue weighted by molar-refractivity contribution is -0.145. The van der Waals surface area contributed by atoms with Gasteiger partial charge in [-0.05, 0) is 19.3 Å². The molecule has 1 atom stereocenters. The summed E-state index contributed by atoms with van der Waals surface area (Å²) in [6.45, 7) is 8.79. The number of carbonyl (C=O) groups is 2. The molecule has 5 heteroatoms. The largest absolute Gasteiger partial charge is 0.480 e. The van der Waals surface area contributed by atoms with Crippen molar-refractivity contribution in [2.75, 3.05) is 6.61 Å². The first-order chi connectivity index (χ1) is 7.14. The van der Waals surface area contributed by atoms with Gasteiger partial charge >= 0.3 is 5.97 Å². The highest BCUT2D eigenvalue weighted by Gasteiger charge is 2.32. The van der Waals surface area contributed by atoms with E-state index in [0.29, 0.717) is 0 Å². The standard InChI is InChI=1S/C11H21NO4/c1-7(2)16-6-8(13)12-9(10(14)15)11(3,4)5/h7,9H,6H2,1-5H3,(H,12,13)(H,14,15). The number of aliphatic carboxylic acids is 1. The predicted octanol–water partition coefficient (Wildman–Crippen LogP) is 1.03. The Morgan fingerprint density at radius 2 is 1.81 bits per heavy atom. The molecule has 1 amide bonds. The van der Waals surface area contributed by atoms with Crippen molar-refractivity contribution in [1.29, 1.82) is 0 Å². The number of rotatable bonds is 5. The van der Waals surface area contributed by atoms with Gasteiger partial charge in [0.2, 0.25) is 5.91 Å². The van der Waals surface area contributed by atoms with Crippen molar-refractivity contribution in [2.45, 2.75) is 46.8 Å². The summed E-state index contributed by atoms with van der Waals surface area (Å²) in [6, 6.07) is -0.907. The second-order valence-electron chi connectivity index (χ2n) is 5.06. The maximum Gasteiger partial charge on any atom is 0.326 e. The second kappa shape index (κ2) is 5.84. The number of carboxylic acid groups (broad SMARTS) is 1. The second-order valence-corrected chi connectivity index (χ2v) is 5.06. The van der Waals surface area contributed by atoms with Gasteiger partial charge in [0, 0.05) is 0 Å². The first kappa shape index (κ1) is 14.9. The molecule has 0 fully saturated rings. The van der Waals surface area contributed by atoms with Gasteiger partial charge < -0.3 is 15.2 Å². The molecular weight excluding hydrogens is 210 g/mol. The summed E-state index contributed by atoms with van der Waals surface area (Å²) in [4.78, 5) is 22.4. The third kappa shape index (κ3) is 5.70. The summed E-state index contributed by atoms with van der Waals surface area (Å²) in [5, 5.41) is 11.4. The first-order valence-corrected chi connectivity index (χ1v) is 5.28. The Labute approximate surface area is 96.2 Å². The minimum atomic E-state index is -1.04. The van der Waals surface area contributed by atoms with Crippen molar-refractivity contribution in [3.8, 4) is 0 Å². The third-order valence-corrected chi connectivity index (χ3v) is 1.97. The molecule has 0 aromatic carbocycles. The van der Waals surface area contributed by atoms with E-state index < -0.39 is 23.3 Å². The van der Waals surface area contributed by atoms with Gasteiger partial charge in [0.1, 0.15) is 12.6 Å². The van der Waals surface area contributed by atoms with Crippen LogP contribution in [0.1, 0.15) is 34.6 Å². The monoisotopic (exact) mass is 231 g/mol. The SMILES string of the molecule is CC(C)OCC(=O)NC(C(=O)O)C(C)(C)C. The molecule has 0 aliphatic heterocycles. The summed E-state index contributed by atoms with van der Waals surface area (Å²) in [5.74, 6) is -1.44. The van der Waals surface area contributed by atoms with E-state index >= 15 is 0 Å². The highest BCUT2D eigenvalue weighted by Crippen LogP contribution is 2.19. The van der Waals surface area contributed by atoms with Crippen molar-refractivity contribution >= 4 is 11.9 Å². The maximum absolute atomic E-state index is 11.4. The molecule has 0 saturated carbocycles. The smallest absolute Gasteiger partial charge is 0.326 e. The van der Waals surface area contributed by atoms with Gasteiger partial charge in [0.25, 0.3) is 0 Å². The van der Waals surface area contributed by atoms with Gasteiger partial charge in [-0.1, -0.05) is 20.8 Å². The van der Waals surface area contributed by atoms with Gasteiger partial charge in [0.05, 0.1) is 6.10 Å². The van der Waals surface area contributed by atoms with Gasteiger partial charge in [-0.15, -0.1) is 0 Å². The van der Waals surface area contributed by atoms with Crippen LogP contribution in [0, 0.1) is 5.41 Å². The molecule has 0 bridgehead atoms. The highest BCUT2D eigenvalue weighted by molar-refractivity contribution is 5.84. The van der Waals surface area contributed by atoms with E-state index in [1.165, 1.54) is 0 Å². The van der Waals surface area contributed by atoms with Crippen LogP contribution in [0.5, 0.6) is 0 Å². The molecule has 0 radical (unpaired) electrons. The Bertz CT molecular complexity index is 255. The van der Waals surface area contributed by atoms with E-state index in [2.05, 4.69) is 5.32 Å². The molecule has 0 heterocycles. The average Bonchev–Trinajstić information content (AvgIpc) is 2.08. The van der Waals surface area contributed by atoms with Crippen LogP contribution in [0.4, 0.5) is 0 Å². The van der Waals surface area contributed by atoms with Crippen molar-refractivity contribution in [1.82, 2.24) is 5.32 Å². The van der Waals surface area contributed by atoms with Crippen LogP contribution in [-0.4, -0.2) is 35.7 Å². The molecule has 0 aliphatic carbocycles. The van der Waals surface area contributed by atoms with Crippen LogP contribution in [-0.2, 0) is 14.3 Å². The fourth-order valence-electron chi connectivity index (χ4n) is 1.09. The lowest BCUT2D eigenvalue weighted by atomic mass is 9.87. The van der Waals surface area contributed by atoms with Gasteiger partial charge in [0.15, 0.2) is 0 Å². The normalized spacial score (nSPS) is 13.6. The summed E-state index contributed by atoms with van der Waals surface area (Å²) in [6.07, 6.45) is -0.0522. The van der Waals surface area contributed by atoms with Crippen LogP contribution in [0.3, 0.4) is 0 Å². The van der Waals surface area contributed by atoms with Crippen LogP contribution in [0.15, 0.2) is 0 Å². The van der Waals surface area contributed by atoms with Crippen molar-refractivity contribution in [3.05, 3.63) is 0 Å². The summed E-state index contributed by atoms with van der Waals surface area (Å²) >= 11 is 0. The van der Waals surface area contributed by atoms with Crippen LogP contribution < -0.4 is 5.32 Å². The summed E-state index contributed by atoms with van der Waals surface area (Å²) in [7, 11) is 0. The quantitative estimate of drug-likeness (QED) is 0.741. The Kier molecular flexibility index (Phi) is 5.44. The number of carboxylic acids is 1. The van der Waals surface area contributed by atoms with Gasteiger partial charge in [-0.3, -0.25) is 4.79 Å². The van der Waals surface area contributed by atoms with Gasteiger partial charge in [-0.2, -0.15) is 0 Å². The fraction of sp³-hybridized carbons (Fsp3) is 0.818. The minimum Gasteiger partial charge on any atom is -0.480 e. The molecule has 0 rings (SSSR count). The molecule has 94 valence electrons. The molecule has 0 spiro atoms. The number of carbonyl (C=O) groups excluding carboxylic acids is 1. The molecule has 16 heavy (non-hydrogen) atoms. The molecular formula is C11H21NO4. The molecule has 0 aliphatic rings. The number of hydrogen-bond donors (Lipinski definition) is 2. The van der Waals surface area contributed by atoms with Crippen LogP contribution in [0.2, 0.25) is 0 Å². The number of hydrogen-bond acceptors (Lipinski definition) is 3. The molecule has 0 aromatic rings. The zero-order valence-corrected chi connectivity index (χ0v) is 10.5. The lowest BCUT2D eigenvalue weighted by Crippen LogP contribution is -2.50. The first-order valence-electron chi connectivity index (χ1n) is 5.28. The maximum atomic E-state index is 11.4. The van der Waals surface area contributed by atoms with E-state index in [1.807, 2.05) is 13.8 Å². The van der Waals surface area contributed by atoms with E-state index in [0.717, 1.165) is 0 Å². The number of ether oxygens (including phenoxy) is 1. The van der Waals surface area contributed by atoms with Crippen LogP contribution in [0.25, 0.3) is 0 Å². The van der Waals surface area contributed by atoms with Crippen LogP contribution >= 0.6 is 0 Å². The molecule has 1 unspecified atom stereocenters. The minimum absolute atomic E-state index is 0.0522. The molecule has 2 N–H and O–H groups in total. The molecule has 0 aromatic heterocycles. The zero-order valence-electron chi connectivity index (χ0n) is 10.5. The Morgan fingerprint density at radius 3 is 2.12 bits per heavy atom. The third-order valence-electron chi connectivity index (χ3n) is 1.97. The Morgan fingerprint density at radius 1 is 1.31 bits per heavy atom. The van der Waals surface area contributed by atoms with E-state index in [-0.39, 0.29) is 12.7 Å². The summed E-state index contributed by atoms with van der Waals surface area (Å²) < 4.78 is 5.09. The molecule has 0 saturated heterocycles. The number of amides is 1. The fourth-order valence-corrected chi connectivity index (χ4v) is 1.09. The number of nitrogens with one attached hydrogen (secondary N) is 1. The zero-order chi connectivity index (χ0) is 12.9. The van der Waals surface area contributed by atoms with E-state index in [1.54, 1.807) is 20.8 Å². The summed E-state index contributed by atoms with van der Waals surface area (Å²) in [5.41, 5.74) is -0.528. The Hall–Kier alpha value is -1.10. The highest BCUT2D eigenvalue weighted by atomic mass is 16.5. The van der Waals surface area contributed by atoms with Crippen molar-refractivity contribution < 1.29 is 19.4 Å². The average molecular weight is 231 g/mol. The van der Waals surface area contributed by atoms with Crippen molar-refractivity contribution in [2.24, 2.45) is 5.41 Å². The van der Waals surface area contributed by atoms with E-state index in [9.17, 15) is 9.59 Å².